The lowest BCUT2D eigenvalue weighted by Crippen LogP contribution is -2.20. The molecule has 1 aromatic rings. The smallest absolute Gasteiger partial charge is 0.126 e. The molecule has 92 valence electrons. The third-order valence-electron chi connectivity index (χ3n) is 3.21. The Bertz CT molecular complexity index is 384. The number of nitrogens with one attached hydrogen (secondary N) is 1. The molecular formula is C13H19N3S. The molecule has 0 aliphatic heterocycles. The van der Waals surface area contributed by atoms with E-state index in [2.05, 4.69) is 17.2 Å². The van der Waals surface area contributed by atoms with E-state index in [4.69, 9.17) is 18.0 Å². The van der Waals surface area contributed by atoms with Crippen LogP contribution in [-0.4, -0.2) is 16.0 Å². The molecule has 3 nitrogen and oxygen atoms in total. The summed E-state index contributed by atoms with van der Waals surface area (Å²) in [5.74, 6) is 1.85. The summed E-state index contributed by atoms with van der Waals surface area (Å²) in [6, 6.07) is 4.40. The highest BCUT2D eigenvalue weighted by atomic mass is 32.1. The zero-order valence-corrected chi connectivity index (χ0v) is 11.0. The lowest BCUT2D eigenvalue weighted by Gasteiger charge is -2.17. The lowest BCUT2D eigenvalue weighted by atomic mass is 10.1. The van der Waals surface area contributed by atoms with Crippen molar-refractivity contribution >= 4 is 23.0 Å². The highest BCUT2D eigenvalue weighted by molar-refractivity contribution is 7.80. The molecule has 1 unspecified atom stereocenters. The SMILES string of the molecule is CCC(CC1CC1)Nc1ccc(C(N)=S)cn1. The van der Waals surface area contributed by atoms with Gasteiger partial charge in [0, 0.05) is 17.8 Å². The van der Waals surface area contributed by atoms with Crippen LogP contribution in [0.2, 0.25) is 0 Å². The Labute approximate surface area is 108 Å². The van der Waals surface area contributed by atoms with Gasteiger partial charge in [-0.2, -0.15) is 0 Å². The molecule has 0 radical (unpaired) electrons. The minimum Gasteiger partial charge on any atom is -0.389 e. The van der Waals surface area contributed by atoms with E-state index in [0.29, 0.717) is 11.0 Å². The standard InChI is InChI=1S/C13H19N3S/c1-2-11(7-9-3-4-9)16-12-6-5-10(8-15-12)13(14)17/h5-6,8-9,11H,2-4,7H2,1H3,(H2,14,17)(H,15,16). The largest absolute Gasteiger partial charge is 0.389 e. The minimum atomic E-state index is 0.397. The molecule has 0 saturated heterocycles. The molecule has 1 atom stereocenters. The van der Waals surface area contributed by atoms with Crippen LogP contribution in [0.25, 0.3) is 0 Å². The van der Waals surface area contributed by atoms with Crippen LogP contribution in [0.15, 0.2) is 18.3 Å². The van der Waals surface area contributed by atoms with Gasteiger partial charge in [0.2, 0.25) is 0 Å². The average Bonchev–Trinajstić information content (AvgIpc) is 3.13. The summed E-state index contributed by atoms with van der Waals surface area (Å²) in [6.07, 6.45) is 6.91. The summed E-state index contributed by atoms with van der Waals surface area (Å²) in [7, 11) is 0. The summed E-state index contributed by atoms with van der Waals surface area (Å²) in [6.45, 7) is 2.21. The fraction of sp³-hybridized carbons (Fsp3) is 0.538. The average molecular weight is 249 g/mol. The number of pyridine rings is 1. The first-order valence-corrected chi connectivity index (χ1v) is 6.62. The topological polar surface area (TPSA) is 50.9 Å². The number of hydrogen-bond acceptors (Lipinski definition) is 3. The first kappa shape index (κ1) is 12.3. The molecule has 0 aromatic carbocycles. The van der Waals surface area contributed by atoms with Crippen molar-refractivity contribution in [1.82, 2.24) is 4.98 Å². The fourth-order valence-electron chi connectivity index (χ4n) is 1.92. The molecule has 3 N–H and O–H groups in total. The van der Waals surface area contributed by atoms with E-state index in [-0.39, 0.29) is 0 Å². The first-order chi connectivity index (χ1) is 8.19. The first-order valence-electron chi connectivity index (χ1n) is 6.21. The van der Waals surface area contributed by atoms with E-state index >= 15 is 0 Å². The summed E-state index contributed by atoms with van der Waals surface area (Å²) < 4.78 is 0. The molecule has 0 amide bonds. The number of nitrogens with two attached hydrogens (primary N) is 1. The molecule has 4 heteroatoms. The van der Waals surface area contributed by atoms with Crippen molar-refractivity contribution in [3.8, 4) is 0 Å². The molecule has 1 heterocycles. The maximum absolute atomic E-state index is 5.54. The van der Waals surface area contributed by atoms with Crippen molar-refractivity contribution in [1.29, 1.82) is 0 Å². The third kappa shape index (κ3) is 3.66. The van der Waals surface area contributed by atoms with Crippen LogP contribution in [0.3, 0.4) is 0 Å². The van der Waals surface area contributed by atoms with Crippen molar-refractivity contribution in [2.45, 2.75) is 38.6 Å². The second kappa shape index (κ2) is 5.45. The summed E-state index contributed by atoms with van der Waals surface area (Å²) in [5, 5.41) is 3.47. The summed E-state index contributed by atoms with van der Waals surface area (Å²) in [4.78, 5) is 4.73. The van der Waals surface area contributed by atoms with Gasteiger partial charge in [-0.15, -0.1) is 0 Å². The van der Waals surface area contributed by atoms with E-state index in [9.17, 15) is 0 Å². The van der Waals surface area contributed by atoms with Crippen LogP contribution in [0.4, 0.5) is 5.82 Å². The van der Waals surface area contributed by atoms with E-state index in [1.54, 1.807) is 6.20 Å². The van der Waals surface area contributed by atoms with Crippen molar-refractivity contribution in [3.63, 3.8) is 0 Å². The summed E-state index contributed by atoms with van der Waals surface area (Å²) >= 11 is 4.90. The van der Waals surface area contributed by atoms with Crippen LogP contribution < -0.4 is 11.1 Å². The van der Waals surface area contributed by atoms with E-state index in [1.165, 1.54) is 19.3 Å². The predicted molar refractivity (Wildman–Crippen MR) is 75.2 cm³/mol. The van der Waals surface area contributed by atoms with Gasteiger partial charge in [0.15, 0.2) is 0 Å². The van der Waals surface area contributed by atoms with Crippen LogP contribution >= 0.6 is 12.2 Å². The zero-order valence-electron chi connectivity index (χ0n) is 10.1. The normalized spacial score (nSPS) is 16.5. The van der Waals surface area contributed by atoms with Gasteiger partial charge < -0.3 is 11.1 Å². The van der Waals surface area contributed by atoms with Crippen LogP contribution in [-0.2, 0) is 0 Å². The lowest BCUT2D eigenvalue weighted by molar-refractivity contribution is 0.585. The molecule has 0 spiro atoms. The van der Waals surface area contributed by atoms with Gasteiger partial charge >= 0.3 is 0 Å². The van der Waals surface area contributed by atoms with Gasteiger partial charge in [-0.25, -0.2) is 4.98 Å². The van der Waals surface area contributed by atoms with E-state index in [1.807, 2.05) is 12.1 Å². The van der Waals surface area contributed by atoms with E-state index < -0.39 is 0 Å². The molecular weight excluding hydrogens is 230 g/mol. The van der Waals surface area contributed by atoms with E-state index in [0.717, 1.165) is 23.7 Å². The number of nitrogens with zero attached hydrogens (tertiary/aromatic N) is 1. The molecule has 1 aliphatic carbocycles. The Hall–Kier alpha value is -1.16. The molecule has 1 fully saturated rings. The highest BCUT2D eigenvalue weighted by Gasteiger charge is 2.24. The molecule has 2 rings (SSSR count). The number of rotatable bonds is 6. The predicted octanol–water partition coefficient (Wildman–Crippen LogP) is 2.71. The zero-order chi connectivity index (χ0) is 12.3. The Morgan fingerprint density at radius 1 is 1.59 bits per heavy atom. The number of hydrogen-bond donors (Lipinski definition) is 2. The van der Waals surface area contributed by atoms with Crippen molar-refractivity contribution in [3.05, 3.63) is 23.9 Å². The number of anilines is 1. The Balaban J connectivity index is 1.94. The van der Waals surface area contributed by atoms with Gasteiger partial charge in [-0.05, 0) is 30.9 Å². The van der Waals surface area contributed by atoms with Gasteiger partial charge in [0.05, 0.1) is 0 Å². The maximum Gasteiger partial charge on any atom is 0.126 e. The van der Waals surface area contributed by atoms with Gasteiger partial charge in [-0.1, -0.05) is 32.0 Å². The molecule has 1 aromatic heterocycles. The Kier molecular flexibility index (Phi) is 3.94. The number of aromatic nitrogens is 1. The number of thiocarbonyl (C=S) groups is 1. The Morgan fingerprint density at radius 2 is 2.35 bits per heavy atom. The maximum atomic E-state index is 5.54. The fourth-order valence-corrected chi connectivity index (χ4v) is 2.04. The monoisotopic (exact) mass is 249 g/mol. The van der Waals surface area contributed by atoms with Crippen LogP contribution in [0, 0.1) is 5.92 Å². The van der Waals surface area contributed by atoms with Gasteiger partial charge in [-0.3, -0.25) is 0 Å². The molecule has 17 heavy (non-hydrogen) atoms. The molecule has 0 bridgehead atoms. The van der Waals surface area contributed by atoms with Gasteiger partial charge in [0.25, 0.3) is 0 Å². The quantitative estimate of drug-likeness (QED) is 0.761. The van der Waals surface area contributed by atoms with Crippen molar-refractivity contribution in [2.24, 2.45) is 11.7 Å². The highest BCUT2D eigenvalue weighted by Crippen LogP contribution is 2.34. The second-order valence-electron chi connectivity index (χ2n) is 4.72. The summed E-state index contributed by atoms with van der Waals surface area (Å²) in [5.41, 5.74) is 6.36. The molecule has 1 aliphatic rings. The third-order valence-corrected chi connectivity index (χ3v) is 3.44. The second-order valence-corrected chi connectivity index (χ2v) is 5.16. The Morgan fingerprint density at radius 3 is 2.82 bits per heavy atom. The molecule has 1 saturated carbocycles. The van der Waals surface area contributed by atoms with Crippen LogP contribution in [0.5, 0.6) is 0 Å². The van der Waals surface area contributed by atoms with Crippen molar-refractivity contribution in [2.75, 3.05) is 5.32 Å². The van der Waals surface area contributed by atoms with Crippen molar-refractivity contribution < 1.29 is 0 Å². The van der Waals surface area contributed by atoms with Crippen LogP contribution in [0.1, 0.15) is 38.2 Å². The minimum absolute atomic E-state index is 0.397. The van der Waals surface area contributed by atoms with Gasteiger partial charge in [0.1, 0.15) is 10.8 Å².